The summed E-state index contributed by atoms with van der Waals surface area (Å²) in [6.45, 7) is 3.41. The van der Waals surface area contributed by atoms with Crippen LogP contribution >= 0.6 is 43.2 Å². The minimum atomic E-state index is 0.469. The topological polar surface area (TPSA) is 3.24 Å². The Kier molecular flexibility index (Phi) is 4.01. The lowest BCUT2D eigenvalue weighted by Gasteiger charge is -2.35. The Morgan fingerprint density at radius 3 is 2.95 bits per heavy atom. The molecule has 2 aromatic rings. The highest BCUT2D eigenvalue weighted by Gasteiger charge is 2.25. The van der Waals surface area contributed by atoms with Crippen LogP contribution in [0.5, 0.6) is 0 Å². The second-order valence-electron chi connectivity index (χ2n) is 4.83. The Balaban J connectivity index is 1.93. The molecule has 0 saturated heterocycles. The largest absolute Gasteiger partial charge is 0.364 e. The summed E-state index contributed by atoms with van der Waals surface area (Å²) in [4.78, 5) is 4.05. The van der Waals surface area contributed by atoms with Crippen LogP contribution in [0, 0.1) is 0 Å². The molecule has 2 heterocycles. The van der Waals surface area contributed by atoms with Gasteiger partial charge in [-0.05, 0) is 48.1 Å². The minimum Gasteiger partial charge on any atom is -0.364 e. The van der Waals surface area contributed by atoms with Gasteiger partial charge in [0.15, 0.2) is 0 Å². The third-order valence-electron chi connectivity index (χ3n) is 3.79. The van der Waals surface area contributed by atoms with Crippen LogP contribution in [-0.2, 0) is 11.8 Å². The van der Waals surface area contributed by atoms with E-state index in [1.165, 1.54) is 21.3 Å². The van der Waals surface area contributed by atoms with Gasteiger partial charge in [-0.2, -0.15) is 0 Å². The molecule has 3 rings (SSSR count). The van der Waals surface area contributed by atoms with Gasteiger partial charge in [-0.25, -0.2) is 0 Å². The molecule has 1 nitrogen and oxygen atoms in total. The molecule has 1 atom stereocenters. The van der Waals surface area contributed by atoms with Crippen molar-refractivity contribution in [2.75, 3.05) is 11.4 Å². The Hall–Kier alpha value is -0.320. The second kappa shape index (κ2) is 5.58. The minimum absolute atomic E-state index is 0.469. The predicted molar refractivity (Wildman–Crippen MR) is 90.6 cm³/mol. The molecule has 0 fully saturated rings. The first kappa shape index (κ1) is 13.7. The summed E-state index contributed by atoms with van der Waals surface area (Å²) < 4.78 is 1.19. The van der Waals surface area contributed by atoms with Gasteiger partial charge in [0.25, 0.3) is 0 Å². The van der Waals surface area contributed by atoms with Crippen LogP contribution in [0.15, 0.2) is 34.1 Å². The van der Waals surface area contributed by atoms with E-state index in [-0.39, 0.29) is 0 Å². The lowest BCUT2D eigenvalue weighted by molar-refractivity contribution is 0.632. The van der Waals surface area contributed by atoms with Gasteiger partial charge >= 0.3 is 0 Å². The van der Waals surface area contributed by atoms with Gasteiger partial charge in [-0.15, -0.1) is 11.3 Å². The Labute approximate surface area is 134 Å². The number of benzene rings is 1. The van der Waals surface area contributed by atoms with Crippen molar-refractivity contribution in [3.8, 4) is 0 Å². The fourth-order valence-corrected chi connectivity index (χ4v) is 5.02. The first-order valence-electron chi connectivity index (χ1n) is 6.38. The van der Waals surface area contributed by atoms with Crippen molar-refractivity contribution in [2.24, 2.45) is 0 Å². The van der Waals surface area contributed by atoms with Crippen molar-refractivity contribution < 1.29 is 0 Å². The second-order valence-corrected chi connectivity index (χ2v) is 7.24. The first-order chi connectivity index (χ1) is 9.20. The zero-order chi connectivity index (χ0) is 13.4. The maximum atomic E-state index is 3.66. The van der Waals surface area contributed by atoms with Crippen LogP contribution < -0.4 is 4.90 Å². The fourth-order valence-electron chi connectivity index (χ4n) is 2.69. The smallest absolute Gasteiger partial charge is 0.0525 e. The molecule has 0 bridgehead atoms. The maximum absolute atomic E-state index is 3.66. The van der Waals surface area contributed by atoms with Crippen LogP contribution in [0.1, 0.15) is 29.0 Å². The van der Waals surface area contributed by atoms with E-state index in [9.17, 15) is 0 Å². The van der Waals surface area contributed by atoms with Crippen molar-refractivity contribution in [3.63, 3.8) is 0 Å². The van der Waals surface area contributed by atoms with E-state index in [4.69, 9.17) is 0 Å². The molecule has 1 unspecified atom stereocenters. The molecule has 0 aliphatic carbocycles. The van der Waals surface area contributed by atoms with Gasteiger partial charge < -0.3 is 4.90 Å². The zero-order valence-corrected chi connectivity index (χ0v) is 14.7. The van der Waals surface area contributed by atoms with Crippen molar-refractivity contribution in [2.45, 2.75) is 24.7 Å². The molecule has 1 aliphatic rings. The number of hydrogen-bond acceptors (Lipinski definition) is 2. The monoisotopic (exact) mass is 399 g/mol. The summed E-state index contributed by atoms with van der Waals surface area (Å²) in [5.74, 6) is 0. The van der Waals surface area contributed by atoms with Crippen molar-refractivity contribution in [1.82, 2.24) is 0 Å². The van der Waals surface area contributed by atoms with E-state index >= 15 is 0 Å². The molecule has 100 valence electrons. The molecular formula is C15H15Br2NS. The van der Waals surface area contributed by atoms with E-state index in [1.54, 1.807) is 4.88 Å². The van der Waals surface area contributed by atoms with Crippen LogP contribution in [0.2, 0.25) is 0 Å². The van der Waals surface area contributed by atoms with E-state index in [1.807, 2.05) is 11.3 Å². The normalized spacial score (nSPS) is 18.5. The SMILES string of the molecule is CC1c2ccsc2CCN1c1ccc(CBr)c(Br)c1. The summed E-state index contributed by atoms with van der Waals surface area (Å²) >= 11 is 9.07. The van der Waals surface area contributed by atoms with Crippen LogP contribution in [0.4, 0.5) is 5.69 Å². The molecule has 0 saturated carbocycles. The number of hydrogen-bond donors (Lipinski definition) is 0. The molecule has 1 aromatic carbocycles. The van der Waals surface area contributed by atoms with Crippen molar-refractivity contribution in [3.05, 3.63) is 50.1 Å². The number of halogens is 2. The quantitative estimate of drug-likeness (QED) is 0.599. The van der Waals surface area contributed by atoms with Gasteiger partial charge in [-0.3, -0.25) is 0 Å². The zero-order valence-electron chi connectivity index (χ0n) is 10.7. The van der Waals surface area contributed by atoms with Gasteiger partial charge in [0.2, 0.25) is 0 Å². The van der Waals surface area contributed by atoms with E-state index < -0.39 is 0 Å². The highest BCUT2D eigenvalue weighted by atomic mass is 79.9. The molecule has 0 radical (unpaired) electrons. The van der Waals surface area contributed by atoms with Crippen LogP contribution in [0.25, 0.3) is 0 Å². The summed E-state index contributed by atoms with van der Waals surface area (Å²) in [6.07, 6.45) is 1.16. The molecule has 1 aliphatic heterocycles. The van der Waals surface area contributed by atoms with Gasteiger partial charge in [0.05, 0.1) is 6.04 Å². The maximum Gasteiger partial charge on any atom is 0.0525 e. The molecule has 19 heavy (non-hydrogen) atoms. The molecule has 4 heteroatoms. The highest BCUT2D eigenvalue weighted by molar-refractivity contribution is 9.10. The average molecular weight is 401 g/mol. The fraction of sp³-hybridized carbons (Fsp3) is 0.333. The molecule has 1 aromatic heterocycles. The number of anilines is 1. The standard InChI is InChI=1S/C15H15Br2NS/c1-10-13-5-7-19-15(13)4-6-18(10)12-3-2-11(9-16)14(17)8-12/h2-3,5,7-8,10H,4,6,9H2,1H3. The molecule has 0 N–H and O–H groups in total. The Morgan fingerprint density at radius 2 is 2.21 bits per heavy atom. The molecule has 0 amide bonds. The van der Waals surface area contributed by atoms with Crippen LogP contribution in [0.3, 0.4) is 0 Å². The lowest BCUT2D eigenvalue weighted by Crippen LogP contribution is -2.33. The van der Waals surface area contributed by atoms with E-state index in [0.29, 0.717) is 6.04 Å². The van der Waals surface area contributed by atoms with Crippen molar-refractivity contribution in [1.29, 1.82) is 0 Å². The molecule has 0 spiro atoms. The third-order valence-corrected chi connectivity index (χ3v) is 6.13. The third kappa shape index (κ3) is 2.50. The number of alkyl halides is 1. The first-order valence-corrected chi connectivity index (χ1v) is 9.17. The Morgan fingerprint density at radius 1 is 1.37 bits per heavy atom. The van der Waals surface area contributed by atoms with Crippen LogP contribution in [-0.4, -0.2) is 6.54 Å². The summed E-state index contributed by atoms with van der Waals surface area (Å²) in [5, 5.41) is 3.10. The predicted octanol–water partition coefficient (Wildman–Crippen LogP) is 5.53. The number of thiophene rings is 1. The summed E-state index contributed by atoms with van der Waals surface area (Å²) in [5.41, 5.74) is 4.10. The average Bonchev–Trinajstić information content (AvgIpc) is 2.88. The highest BCUT2D eigenvalue weighted by Crippen LogP contribution is 2.37. The van der Waals surface area contributed by atoms with E-state index in [0.717, 1.165) is 18.3 Å². The summed E-state index contributed by atoms with van der Waals surface area (Å²) in [7, 11) is 0. The lowest BCUT2D eigenvalue weighted by atomic mass is 10.0. The van der Waals surface area contributed by atoms with Crippen molar-refractivity contribution >= 4 is 48.9 Å². The number of fused-ring (bicyclic) bond motifs is 1. The number of nitrogens with zero attached hydrogens (tertiary/aromatic N) is 1. The molecular weight excluding hydrogens is 386 g/mol. The van der Waals surface area contributed by atoms with Gasteiger partial charge in [0, 0.05) is 26.9 Å². The van der Waals surface area contributed by atoms with Gasteiger partial charge in [0.1, 0.15) is 0 Å². The summed E-state index contributed by atoms with van der Waals surface area (Å²) in [6, 6.07) is 9.42. The Bertz CT molecular complexity index is 594. The number of rotatable bonds is 2. The van der Waals surface area contributed by atoms with E-state index in [2.05, 4.69) is 73.3 Å². The van der Waals surface area contributed by atoms with Gasteiger partial charge in [-0.1, -0.05) is 37.9 Å².